The Kier molecular flexibility index (Phi) is 5.66. The minimum absolute atomic E-state index is 0.0205. The second kappa shape index (κ2) is 7.01. The number of carbonyl (C=O) groups excluding carboxylic acids is 2. The molecule has 0 aliphatic carbocycles. The number of esters is 2. The molecule has 20 heavy (non-hydrogen) atoms. The van der Waals surface area contributed by atoms with Crippen molar-refractivity contribution in [3.05, 3.63) is 30.3 Å². The third-order valence-electron chi connectivity index (χ3n) is 2.45. The van der Waals surface area contributed by atoms with Crippen LogP contribution < -0.4 is 0 Å². The number of sulfonamides is 1. The Bertz CT molecular complexity index is 551. The Hall–Kier alpha value is -1.93. The highest BCUT2D eigenvalue weighted by atomic mass is 32.2. The van der Waals surface area contributed by atoms with Gasteiger partial charge in [0.05, 0.1) is 19.1 Å². The standard InChI is InChI=1S/C12H15NO6S/c1-18-11(14)8-13(9-12(15)19-2)20(16,17)10-6-4-3-5-7-10/h3-7H,8-9H2,1-2H3. The second-order valence-corrected chi connectivity index (χ2v) is 5.68. The number of carbonyl (C=O) groups is 2. The van der Waals surface area contributed by atoms with Gasteiger partial charge in [0.1, 0.15) is 13.1 Å². The van der Waals surface area contributed by atoms with Gasteiger partial charge in [0.25, 0.3) is 0 Å². The van der Waals surface area contributed by atoms with Gasteiger partial charge >= 0.3 is 11.9 Å². The number of ether oxygens (including phenoxy) is 2. The van der Waals surface area contributed by atoms with Crippen LogP contribution in [0.25, 0.3) is 0 Å². The van der Waals surface area contributed by atoms with Crippen molar-refractivity contribution >= 4 is 22.0 Å². The number of nitrogens with zero attached hydrogens (tertiary/aromatic N) is 1. The van der Waals surface area contributed by atoms with Crippen LogP contribution in [-0.2, 0) is 29.1 Å². The Morgan fingerprint density at radius 2 is 1.45 bits per heavy atom. The largest absolute Gasteiger partial charge is 0.468 e. The van der Waals surface area contributed by atoms with Gasteiger partial charge in [0.2, 0.25) is 10.0 Å². The van der Waals surface area contributed by atoms with Crippen molar-refractivity contribution in [3.8, 4) is 0 Å². The third-order valence-corrected chi connectivity index (χ3v) is 4.25. The van der Waals surface area contributed by atoms with Crippen molar-refractivity contribution in [2.75, 3.05) is 27.3 Å². The van der Waals surface area contributed by atoms with Crippen molar-refractivity contribution in [1.82, 2.24) is 4.31 Å². The van der Waals surface area contributed by atoms with E-state index in [4.69, 9.17) is 0 Å². The van der Waals surface area contributed by atoms with E-state index in [1.54, 1.807) is 18.2 Å². The van der Waals surface area contributed by atoms with Crippen LogP contribution in [0.2, 0.25) is 0 Å². The lowest BCUT2D eigenvalue weighted by Crippen LogP contribution is -2.40. The van der Waals surface area contributed by atoms with E-state index < -0.39 is 35.1 Å². The summed E-state index contributed by atoms with van der Waals surface area (Å²) < 4.78 is 34.3. The molecule has 1 aromatic carbocycles. The van der Waals surface area contributed by atoms with Crippen LogP contribution in [0.15, 0.2) is 35.2 Å². The number of hydrogen-bond acceptors (Lipinski definition) is 6. The van der Waals surface area contributed by atoms with Gasteiger partial charge in [0.15, 0.2) is 0 Å². The number of methoxy groups -OCH3 is 2. The van der Waals surface area contributed by atoms with Crippen molar-refractivity contribution in [3.63, 3.8) is 0 Å². The first kappa shape index (κ1) is 16.1. The summed E-state index contributed by atoms with van der Waals surface area (Å²) in [7, 11) is -1.71. The van der Waals surface area contributed by atoms with Crippen molar-refractivity contribution in [2.24, 2.45) is 0 Å². The van der Waals surface area contributed by atoms with E-state index in [0.29, 0.717) is 4.31 Å². The van der Waals surface area contributed by atoms with Crippen molar-refractivity contribution < 1.29 is 27.5 Å². The summed E-state index contributed by atoms with van der Waals surface area (Å²) >= 11 is 0. The van der Waals surface area contributed by atoms with Gasteiger partial charge in [-0.2, -0.15) is 4.31 Å². The van der Waals surface area contributed by atoms with Crippen LogP contribution in [0.1, 0.15) is 0 Å². The summed E-state index contributed by atoms with van der Waals surface area (Å²) in [5.41, 5.74) is 0. The second-order valence-electron chi connectivity index (χ2n) is 3.74. The van der Waals surface area contributed by atoms with Crippen LogP contribution in [0.4, 0.5) is 0 Å². The molecule has 0 aromatic heterocycles. The zero-order valence-electron chi connectivity index (χ0n) is 11.1. The van der Waals surface area contributed by atoms with E-state index >= 15 is 0 Å². The van der Waals surface area contributed by atoms with Gasteiger partial charge in [-0.05, 0) is 12.1 Å². The fourth-order valence-electron chi connectivity index (χ4n) is 1.38. The maximum atomic E-state index is 12.3. The van der Waals surface area contributed by atoms with Gasteiger partial charge in [-0.15, -0.1) is 0 Å². The molecule has 0 unspecified atom stereocenters. The van der Waals surface area contributed by atoms with Crippen LogP contribution in [0.3, 0.4) is 0 Å². The average molecular weight is 301 g/mol. The van der Waals surface area contributed by atoms with E-state index in [1.807, 2.05) is 0 Å². The van der Waals surface area contributed by atoms with E-state index in [9.17, 15) is 18.0 Å². The molecule has 0 saturated heterocycles. The summed E-state index contributed by atoms with van der Waals surface area (Å²) in [4.78, 5) is 22.6. The summed E-state index contributed by atoms with van der Waals surface area (Å²) in [6.07, 6.45) is 0. The first-order chi connectivity index (χ1) is 9.41. The Labute approximate surface area is 117 Å². The highest BCUT2D eigenvalue weighted by Crippen LogP contribution is 2.15. The van der Waals surface area contributed by atoms with Crippen LogP contribution in [0, 0.1) is 0 Å². The SMILES string of the molecule is COC(=O)CN(CC(=O)OC)S(=O)(=O)c1ccccc1. The van der Waals surface area contributed by atoms with Crippen LogP contribution >= 0.6 is 0 Å². The molecule has 0 amide bonds. The molecule has 0 aliphatic rings. The maximum Gasteiger partial charge on any atom is 0.321 e. The first-order valence-corrected chi connectivity index (χ1v) is 7.04. The number of benzene rings is 1. The van der Waals surface area contributed by atoms with E-state index in [1.165, 1.54) is 12.1 Å². The fraction of sp³-hybridized carbons (Fsp3) is 0.333. The molecule has 0 spiro atoms. The Balaban J connectivity index is 3.08. The van der Waals surface area contributed by atoms with Gasteiger partial charge < -0.3 is 9.47 Å². The average Bonchev–Trinajstić information content (AvgIpc) is 2.46. The molecule has 7 nitrogen and oxygen atoms in total. The van der Waals surface area contributed by atoms with Gasteiger partial charge in [0, 0.05) is 0 Å². The summed E-state index contributed by atoms with van der Waals surface area (Å²) in [5, 5.41) is 0. The highest BCUT2D eigenvalue weighted by molar-refractivity contribution is 7.89. The highest BCUT2D eigenvalue weighted by Gasteiger charge is 2.29. The predicted molar refractivity (Wildman–Crippen MR) is 69.2 cm³/mol. The summed E-state index contributed by atoms with van der Waals surface area (Å²) in [5.74, 6) is -1.54. The molecular formula is C12H15NO6S. The molecule has 1 rings (SSSR count). The van der Waals surface area contributed by atoms with Gasteiger partial charge in [-0.25, -0.2) is 8.42 Å². The summed E-state index contributed by atoms with van der Waals surface area (Å²) in [6, 6.07) is 7.49. The molecule has 0 atom stereocenters. The molecule has 0 heterocycles. The van der Waals surface area contributed by atoms with Crippen molar-refractivity contribution in [2.45, 2.75) is 4.90 Å². The van der Waals surface area contributed by atoms with Crippen LogP contribution in [0.5, 0.6) is 0 Å². The minimum atomic E-state index is -3.98. The fourth-order valence-corrected chi connectivity index (χ4v) is 2.73. The lowest BCUT2D eigenvalue weighted by molar-refractivity contribution is -0.143. The van der Waals surface area contributed by atoms with E-state index in [0.717, 1.165) is 14.2 Å². The molecule has 0 saturated carbocycles. The van der Waals surface area contributed by atoms with E-state index in [2.05, 4.69) is 9.47 Å². The van der Waals surface area contributed by atoms with Gasteiger partial charge in [-0.3, -0.25) is 9.59 Å². The van der Waals surface area contributed by atoms with Crippen molar-refractivity contribution in [1.29, 1.82) is 0 Å². The molecule has 0 fully saturated rings. The smallest absolute Gasteiger partial charge is 0.321 e. The third kappa shape index (κ3) is 4.04. The molecule has 110 valence electrons. The topological polar surface area (TPSA) is 90.0 Å². The molecule has 1 aromatic rings. The monoisotopic (exact) mass is 301 g/mol. The lowest BCUT2D eigenvalue weighted by atomic mass is 10.4. The normalized spacial score (nSPS) is 11.2. The lowest BCUT2D eigenvalue weighted by Gasteiger charge is -2.19. The van der Waals surface area contributed by atoms with Crippen LogP contribution in [-0.4, -0.2) is 52.0 Å². The molecular weight excluding hydrogens is 286 g/mol. The number of rotatable bonds is 6. The first-order valence-electron chi connectivity index (χ1n) is 5.60. The maximum absolute atomic E-state index is 12.3. The molecule has 0 radical (unpaired) electrons. The zero-order chi connectivity index (χ0) is 15.2. The molecule has 8 heteroatoms. The molecule has 0 N–H and O–H groups in total. The molecule has 0 bridgehead atoms. The predicted octanol–water partition coefficient (Wildman–Crippen LogP) is 0.0233. The molecule has 0 aliphatic heterocycles. The van der Waals surface area contributed by atoms with Gasteiger partial charge in [-0.1, -0.05) is 18.2 Å². The minimum Gasteiger partial charge on any atom is -0.468 e. The quantitative estimate of drug-likeness (QED) is 0.688. The Morgan fingerprint density at radius 1 is 1.00 bits per heavy atom. The Morgan fingerprint density at radius 3 is 1.85 bits per heavy atom. The summed E-state index contributed by atoms with van der Waals surface area (Å²) in [6.45, 7) is -1.13. The number of hydrogen-bond donors (Lipinski definition) is 0. The van der Waals surface area contributed by atoms with E-state index in [-0.39, 0.29) is 4.90 Å². The zero-order valence-corrected chi connectivity index (χ0v) is 11.9.